The topological polar surface area (TPSA) is 37.4 Å². The Morgan fingerprint density at radius 2 is 1.29 bits per heavy atom. The summed E-state index contributed by atoms with van der Waals surface area (Å²) in [6.07, 6.45) is 6.35. The lowest BCUT2D eigenvalue weighted by atomic mass is 10.1. The summed E-state index contributed by atoms with van der Waals surface area (Å²) in [6, 6.07) is 0. The van der Waals surface area contributed by atoms with E-state index in [2.05, 4.69) is 13.8 Å². The third-order valence-electron chi connectivity index (χ3n) is 5.87. The van der Waals surface area contributed by atoms with Crippen molar-refractivity contribution in [2.45, 2.75) is 68.6 Å². The van der Waals surface area contributed by atoms with Gasteiger partial charge in [0.15, 0.2) is 0 Å². The van der Waals surface area contributed by atoms with Crippen molar-refractivity contribution in [3.05, 3.63) is 10.6 Å². The van der Waals surface area contributed by atoms with Gasteiger partial charge < -0.3 is 0 Å². The van der Waals surface area contributed by atoms with E-state index in [1.807, 2.05) is 0 Å². The predicted molar refractivity (Wildman–Crippen MR) is 88.2 cm³/mol. The minimum absolute atomic E-state index is 0.0575. The van der Waals surface area contributed by atoms with E-state index in [1.165, 1.54) is 37.0 Å². The van der Waals surface area contributed by atoms with Crippen molar-refractivity contribution >= 4 is 27.7 Å². The molecule has 4 heterocycles. The molecule has 2 amide bonds. The molecule has 0 aromatic heterocycles. The Labute approximate surface area is 129 Å². The summed E-state index contributed by atoms with van der Waals surface area (Å²) in [5.74, 6) is 0.115. The number of carbonyl (C=O) groups excluding carboxylic acids is 2. The Balaban J connectivity index is 1.90. The molecule has 21 heavy (non-hydrogen) atoms. The van der Waals surface area contributed by atoms with Crippen LogP contribution in [-0.2, 0) is 9.59 Å². The fraction of sp³-hybridized carbons (Fsp3) is 0.750. The SMILES string of the molecule is C[C@H]1CC[C@@H]2C[C@H]3CC[C@H](C)P3C3=C(C(=O)N(C)C3=O)P21. The largest absolute Gasteiger partial charge is 0.277 e. The smallest absolute Gasteiger partial charge is 0.261 e. The summed E-state index contributed by atoms with van der Waals surface area (Å²) in [7, 11) is 0.888. The van der Waals surface area contributed by atoms with Crippen molar-refractivity contribution in [3.8, 4) is 0 Å². The van der Waals surface area contributed by atoms with Gasteiger partial charge in [-0.15, -0.1) is 0 Å². The van der Waals surface area contributed by atoms with Gasteiger partial charge in [-0.1, -0.05) is 29.7 Å². The molecule has 3 nitrogen and oxygen atoms in total. The second kappa shape index (κ2) is 4.87. The van der Waals surface area contributed by atoms with Gasteiger partial charge in [-0.2, -0.15) is 0 Å². The zero-order chi connectivity index (χ0) is 14.9. The highest BCUT2D eigenvalue weighted by Crippen LogP contribution is 2.75. The molecule has 0 aromatic carbocycles. The van der Waals surface area contributed by atoms with Crippen molar-refractivity contribution in [2.24, 2.45) is 0 Å². The van der Waals surface area contributed by atoms with Crippen LogP contribution in [0.5, 0.6) is 0 Å². The van der Waals surface area contributed by atoms with Crippen molar-refractivity contribution in [2.75, 3.05) is 7.05 Å². The van der Waals surface area contributed by atoms with Crippen LogP contribution < -0.4 is 0 Å². The second-order valence-corrected chi connectivity index (χ2v) is 12.8. The third-order valence-corrected chi connectivity index (χ3v) is 12.8. The molecule has 4 aliphatic heterocycles. The van der Waals surface area contributed by atoms with Crippen LogP contribution in [0.2, 0.25) is 0 Å². The fourth-order valence-corrected chi connectivity index (χ4v) is 12.8. The first kappa shape index (κ1) is 14.3. The average Bonchev–Trinajstić information content (AvgIpc) is 3.00. The number of nitrogens with zero attached hydrogens (tertiary/aromatic N) is 1. The molecular formula is C16H23NO2P2. The minimum atomic E-state index is -0.401. The maximum absolute atomic E-state index is 12.8. The maximum atomic E-state index is 12.8. The average molecular weight is 323 g/mol. The molecule has 114 valence electrons. The van der Waals surface area contributed by atoms with E-state index < -0.39 is 15.8 Å². The van der Waals surface area contributed by atoms with Crippen LogP contribution in [0.4, 0.5) is 0 Å². The number of carbonyl (C=O) groups is 2. The zero-order valence-corrected chi connectivity index (χ0v) is 14.8. The van der Waals surface area contributed by atoms with Gasteiger partial charge in [0.1, 0.15) is 0 Å². The number of imide groups is 1. The maximum Gasteiger partial charge on any atom is 0.261 e. The molecule has 0 radical (unpaired) electrons. The van der Waals surface area contributed by atoms with Gasteiger partial charge in [0.05, 0.1) is 10.6 Å². The highest BCUT2D eigenvalue weighted by molar-refractivity contribution is 7.70. The number of likely N-dealkylation sites (N-methyl/N-ethyl adjacent to an activating group) is 1. The summed E-state index contributed by atoms with van der Waals surface area (Å²) in [4.78, 5) is 26.9. The van der Waals surface area contributed by atoms with E-state index in [-0.39, 0.29) is 11.8 Å². The molecule has 5 heteroatoms. The van der Waals surface area contributed by atoms with E-state index >= 15 is 0 Å². The van der Waals surface area contributed by atoms with Crippen molar-refractivity contribution in [1.82, 2.24) is 4.90 Å². The lowest BCUT2D eigenvalue weighted by Gasteiger charge is -2.26. The van der Waals surface area contributed by atoms with Gasteiger partial charge in [-0.3, -0.25) is 14.5 Å². The van der Waals surface area contributed by atoms with Crippen LogP contribution in [0, 0.1) is 0 Å². The van der Waals surface area contributed by atoms with Crippen LogP contribution >= 0.6 is 15.8 Å². The third kappa shape index (κ3) is 1.86. The minimum Gasteiger partial charge on any atom is -0.277 e. The van der Waals surface area contributed by atoms with Gasteiger partial charge in [0.2, 0.25) is 0 Å². The van der Waals surface area contributed by atoms with Crippen molar-refractivity contribution in [3.63, 3.8) is 0 Å². The molecule has 0 saturated carbocycles. The summed E-state index contributed by atoms with van der Waals surface area (Å²) in [5, 5.41) is 2.05. The van der Waals surface area contributed by atoms with Crippen molar-refractivity contribution in [1.29, 1.82) is 0 Å². The molecule has 2 unspecified atom stereocenters. The highest BCUT2D eigenvalue weighted by atomic mass is 31.1. The Morgan fingerprint density at radius 1 is 0.857 bits per heavy atom. The first-order valence-corrected chi connectivity index (χ1v) is 11.1. The van der Waals surface area contributed by atoms with Crippen LogP contribution in [0.25, 0.3) is 0 Å². The lowest BCUT2D eigenvalue weighted by molar-refractivity contribution is -0.135. The molecule has 2 fully saturated rings. The van der Waals surface area contributed by atoms with Crippen LogP contribution in [0.15, 0.2) is 10.6 Å². The molecule has 0 bridgehead atoms. The van der Waals surface area contributed by atoms with Crippen molar-refractivity contribution < 1.29 is 9.59 Å². The normalized spacial score (nSPS) is 45.8. The fourth-order valence-electron chi connectivity index (χ4n) is 4.80. The van der Waals surface area contributed by atoms with Gasteiger partial charge in [-0.05, 0) is 54.7 Å². The Bertz CT molecular complexity index is 512. The van der Waals surface area contributed by atoms with E-state index in [0.29, 0.717) is 22.6 Å². The first-order valence-electron chi connectivity index (χ1n) is 8.14. The lowest BCUT2D eigenvalue weighted by Crippen LogP contribution is -2.28. The van der Waals surface area contributed by atoms with Crippen LogP contribution in [0.3, 0.4) is 0 Å². The quantitative estimate of drug-likeness (QED) is 0.504. The predicted octanol–water partition coefficient (Wildman–Crippen LogP) is 3.67. The van der Waals surface area contributed by atoms with Gasteiger partial charge >= 0.3 is 0 Å². The van der Waals surface area contributed by atoms with E-state index in [0.717, 1.165) is 10.6 Å². The van der Waals surface area contributed by atoms with E-state index in [1.54, 1.807) is 7.05 Å². The molecule has 0 aliphatic carbocycles. The monoisotopic (exact) mass is 323 g/mol. The van der Waals surface area contributed by atoms with Gasteiger partial charge in [-0.25, -0.2) is 0 Å². The first-order chi connectivity index (χ1) is 10.0. The Hall–Kier alpha value is -0.260. The number of hydrogen-bond acceptors (Lipinski definition) is 2. The molecule has 0 aromatic rings. The molecule has 0 N–H and O–H groups in total. The molecule has 4 rings (SSSR count). The summed E-state index contributed by atoms with van der Waals surface area (Å²) >= 11 is 0. The molecule has 2 saturated heterocycles. The van der Waals surface area contributed by atoms with Crippen LogP contribution in [0.1, 0.15) is 46.0 Å². The summed E-state index contributed by atoms with van der Waals surface area (Å²) in [5.41, 5.74) is 2.68. The molecule has 0 spiro atoms. The van der Waals surface area contributed by atoms with Crippen LogP contribution in [-0.4, -0.2) is 46.4 Å². The van der Waals surface area contributed by atoms with Gasteiger partial charge in [0, 0.05) is 7.05 Å². The summed E-state index contributed by atoms with van der Waals surface area (Å²) in [6.45, 7) is 4.62. The molecular weight excluding hydrogens is 300 g/mol. The Morgan fingerprint density at radius 3 is 1.71 bits per heavy atom. The second-order valence-electron chi connectivity index (χ2n) is 7.08. The van der Waals surface area contributed by atoms with Gasteiger partial charge in [0.25, 0.3) is 11.8 Å². The van der Waals surface area contributed by atoms with E-state index in [9.17, 15) is 9.59 Å². The molecule has 6 atom stereocenters. The number of rotatable bonds is 0. The number of hydrogen-bond donors (Lipinski definition) is 0. The number of fused-ring (bicyclic) bond motifs is 4. The Kier molecular flexibility index (Phi) is 3.32. The van der Waals surface area contributed by atoms with E-state index in [4.69, 9.17) is 0 Å². The standard InChI is InChI=1S/C16H23NO2P2/c1-9-4-6-11-8-12-7-5-10(2)21(12)14-13(20(9)11)15(18)17(3)16(14)19/h9-12H,4-8H2,1-3H3/t9-,10-,11+,12+,20?,21?/m0/s1. The summed E-state index contributed by atoms with van der Waals surface area (Å²) < 4.78 is 0. The highest BCUT2D eigenvalue weighted by Gasteiger charge is 2.54. The number of amides is 2. The molecule has 4 aliphatic rings. The zero-order valence-electron chi connectivity index (χ0n) is 13.0.